The molecule has 2 unspecified atom stereocenters. The summed E-state index contributed by atoms with van der Waals surface area (Å²) >= 11 is 0. The highest BCUT2D eigenvalue weighted by Gasteiger charge is 2.54. The Balaban J connectivity index is 1.73. The van der Waals surface area contributed by atoms with Gasteiger partial charge in [-0.2, -0.15) is 0 Å². The first-order chi connectivity index (χ1) is 8.22. The Kier molecular flexibility index (Phi) is 2.89. The second-order valence-corrected chi connectivity index (χ2v) is 5.10. The van der Waals surface area contributed by atoms with Crippen LogP contribution in [0.3, 0.4) is 0 Å². The molecule has 3 heterocycles. The average molecular weight is 240 g/mol. The monoisotopic (exact) mass is 240 g/mol. The van der Waals surface area contributed by atoms with Crippen LogP contribution in [-0.4, -0.2) is 25.0 Å². The molecule has 17 heavy (non-hydrogen) atoms. The van der Waals surface area contributed by atoms with Crippen molar-refractivity contribution in [2.75, 3.05) is 13.2 Å². The molecule has 3 aliphatic heterocycles. The molecule has 0 aliphatic carbocycles. The van der Waals surface area contributed by atoms with Crippen molar-refractivity contribution < 1.29 is 18.9 Å². The van der Waals surface area contributed by atoms with E-state index in [9.17, 15) is 0 Å². The van der Waals surface area contributed by atoms with Crippen molar-refractivity contribution in [3.8, 4) is 0 Å². The van der Waals surface area contributed by atoms with Gasteiger partial charge in [0.25, 0.3) is 5.97 Å². The maximum Gasteiger partial charge on any atom is 0.286 e. The smallest absolute Gasteiger partial charge is 0.286 e. The lowest BCUT2D eigenvalue weighted by Gasteiger charge is -2.34. The van der Waals surface area contributed by atoms with E-state index in [0.29, 0.717) is 13.2 Å². The van der Waals surface area contributed by atoms with Gasteiger partial charge in [0.15, 0.2) is 0 Å². The number of allylic oxidation sites excluding steroid dienone is 2. The molecule has 2 atom stereocenters. The topological polar surface area (TPSA) is 36.9 Å². The van der Waals surface area contributed by atoms with Crippen molar-refractivity contribution in [1.29, 1.82) is 0 Å². The fourth-order valence-corrected chi connectivity index (χ4v) is 2.73. The molecule has 0 amide bonds. The highest BCUT2D eigenvalue weighted by molar-refractivity contribution is 4.99. The summed E-state index contributed by atoms with van der Waals surface area (Å²) in [5, 5.41) is 0. The minimum atomic E-state index is -0.839. The second kappa shape index (κ2) is 4.26. The van der Waals surface area contributed by atoms with Crippen LogP contribution in [-0.2, 0) is 18.9 Å². The van der Waals surface area contributed by atoms with E-state index in [2.05, 4.69) is 6.08 Å². The summed E-state index contributed by atoms with van der Waals surface area (Å²) in [5.74, 6) is -0.525. The number of ether oxygens (including phenoxy) is 4. The van der Waals surface area contributed by atoms with Gasteiger partial charge < -0.3 is 14.2 Å². The molecule has 0 radical (unpaired) electrons. The molecule has 96 valence electrons. The molecular formula is C13H20O4. The largest absolute Gasteiger partial charge is 0.465 e. The van der Waals surface area contributed by atoms with Gasteiger partial charge in [-0.25, -0.2) is 0 Å². The van der Waals surface area contributed by atoms with Crippen molar-refractivity contribution in [2.45, 2.75) is 57.2 Å². The van der Waals surface area contributed by atoms with Gasteiger partial charge in [-0.05, 0) is 32.3 Å². The third-order valence-electron chi connectivity index (χ3n) is 3.61. The van der Waals surface area contributed by atoms with Gasteiger partial charge in [0.05, 0.1) is 12.4 Å². The highest BCUT2D eigenvalue weighted by atomic mass is 16.9. The summed E-state index contributed by atoms with van der Waals surface area (Å²) in [4.78, 5) is 0. The van der Waals surface area contributed by atoms with Crippen molar-refractivity contribution in [3.05, 3.63) is 11.8 Å². The van der Waals surface area contributed by atoms with E-state index in [1.165, 1.54) is 6.42 Å². The Labute approximate surface area is 102 Å². The lowest BCUT2D eigenvalue weighted by molar-refractivity contribution is -0.369. The van der Waals surface area contributed by atoms with Crippen LogP contribution in [0, 0.1) is 0 Å². The predicted octanol–water partition coefficient (Wildman–Crippen LogP) is 2.69. The highest BCUT2D eigenvalue weighted by Crippen LogP contribution is 2.43. The quantitative estimate of drug-likeness (QED) is 0.652. The Morgan fingerprint density at radius 1 is 1.12 bits per heavy atom. The number of hydrogen-bond donors (Lipinski definition) is 0. The molecule has 2 saturated heterocycles. The molecule has 0 N–H and O–H groups in total. The van der Waals surface area contributed by atoms with Crippen LogP contribution in [0.1, 0.15) is 45.4 Å². The third kappa shape index (κ3) is 2.21. The van der Waals surface area contributed by atoms with Gasteiger partial charge in [-0.3, -0.25) is 4.74 Å². The van der Waals surface area contributed by atoms with E-state index in [1.807, 2.05) is 6.92 Å². The molecule has 2 fully saturated rings. The zero-order valence-electron chi connectivity index (χ0n) is 10.4. The molecule has 2 spiro atoms. The summed E-state index contributed by atoms with van der Waals surface area (Å²) in [6, 6.07) is 0. The summed E-state index contributed by atoms with van der Waals surface area (Å²) in [6.07, 6.45) is 8.07. The van der Waals surface area contributed by atoms with E-state index >= 15 is 0 Å². The van der Waals surface area contributed by atoms with Crippen LogP contribution >= 0.6 is 0 Å². The third-order valence-corrected chi connectivity index (χ3v) is 3.61. The molecule has 4 heteroatoms. The van der Waals surface area contributed by atoms with Crippen molar-refractivity contribution >= 4 is 0 Å². The molecule has 0 aromatic heterocycles. The maximum absolute atomic E-state index is 6.06. The SMILES string of the molecule is CC1=CCCC2(COC3(CCCCCO3)O2)O1. The van der Waals surface area contributed by atoms with Crippen molar-refractivity contribution in [2.24, 2.45) is 0 Å². The summed E-state index contributed by atoms with van der Waals surface area (Å²) < 4.78 is 23.5. The van der Waals surface area contributed by atoms with Crippen molar-refractivity contribution in [3.63, 3.8) is 0 Å². The first kappa shape index (κ1) is 11.5. The average Bonchev–Trinajstić information content (AvgIpc) is 2.48. The van der Waals surface area contributed by atoms with Gasteiger partial charge in [-0.15, -0.1) is 0 Å². The van der Waals surface area contributed by atoms with E-state index in [1.54, 1.807) is 0 Å². The lowest BCUT2D eigenvalue weighted by Crippen LogP contribution is -2.41. The molecule has 0 saturated carbocycles. The lowest BCUT2D eigenvalue weighted by atomic mass is 10.1. The molecule has 0 aromatic carbocycles. The van der Waals surface area contributed by atoms with Crippen LogP contribution in [0.15, 0.2) is 11.8 Å². The minimum absolute atomic E-state index is 0.470. The fraction of sp³-hybridized carbons (Fsp3) is 0.846. The molecule has 0 aromatic rings. The van der Waals surface area contributed by atoms with Gasteiger partial charge in [0.2, 0.25) is 5.79 Å². The fourth-order valence-electron chi connectivity index (χ4n) is 2.73. The van der Waals surface area contributed by atoms with Crippen LogP contribution in [0.2, 0.25) is 0 Å². The Bertz CT molecular complexity index is 317. The van der Waals surface area contributed by atoms with Crippen LogP contribution < -0.4 is 0 Å². The van der Waals surface area contributed by atoms with Gasteiger partial charge >= 0.3 is 0 Å². The maximum atomic E-state index is 6.06. The van der Waals surface area contributed by atoms with E-state index < -0.39 is 11.8 Å². The molecule has 3 aliphatic rings. The normalized spacial score (nSPS) is 42.3. The summed E-state index contributed by atoms with van der Waals surface area (Å²) in [5.41, 5.74) is 0. The predicted molar refractivity (Wildman–Crippen MR) is 61.0 cm³/mol. The minimum Gasteiger partial charge on any atom is -0.465 e. The molecule has 0 bridgehead atoms. The first-order valence-corrected chi connectivity index (χ1v) is 6.56. The van der Waals surface area contributed by atoms with Crippen LogP contribution in [0.25, 0.3) is 0 Å². The van der Waals surface area contributed by atoms with Gasteiger partial charge in [0, 0.05) is 12.8 Å². The molecule has 3 rings (SSSR count). The summed E-state index contributed by atoms with van der Waals surface area (Å²) in [7, 11) is 0. The van der Waals surface area contributed by atoms with Gasteiger partial charge in [0.1, 0.15) is 6.61 Å². The second-order valence-electron chi connectivity index (χ2n) is 5.10. The Morgan fingerprint density at radius 3 is 2.94 bits per heavy atom. The van der Waals surface area contributed by atoms with Crippen LogP contribution in [0.5, 0.6) is 0 Å². The van der Waals surface area contributed by atoms with E-state index in [0.717, 1.165) is 37.9 Å². The zero-order valence-corrected chi connectivity index (χ0v) is 10.4. The van der Waals surface area contributed by atoms with Gasteiger partial charge in [-0.1, -0.05) is 6.42 Å². The number of hydrogen-bond acceptors (Lipinski definition) is 4. The van der Waals surface area contributed by atoms with E-state index in [4.69, 9.17) is 18.9 Å². The first-order valence-electron chi connectivity index (χ1n) is 6.56. The molecular weight excluding hydrogens is 220 g/mol. The zero-order chi connectivity index (χ0) is 11.8. The standard InChI is InChI=1S/C13H20O4/c1-11-6-5-7-12(16-11)10-15-13(17-12)8-3-2-4-9-14-13/h6H,2-5,7-10H2,1H3. The summed E-state index contributed by atoms with van der Waals surface area (Å²) in [6.45, 7) is 3.15. The Morgan fingerprint density at radius 2 is 2.06 bits per heavy atom. The molecule has 4 nitrogen and oxygen atoms in total. The van der Waals surface area contributed by atoms with Crippen LogP contribution in [0.4, 0.5) is 0 Å². The Hall–Kier alpha value is -0.580. The number of rotatable bonds is 0. The van der Waals surface area contributed by atoms with Crippen molar-refractivity contribution in [1.82, 2.24) is 0 Å². The van der Waals surface area contributed by atoms with E-state index in [-0.39, 0.29) is 0 Å².